The Hall–Kier alpha value is -2.17. The SMILES string of the molecule is CC(C)Cn1c(=O)ccc2cc(C(=O)O)cc(F)c21. The Morgan fingerprint density at radius 2 is 2.05 bits per heavy atom. The molecular formula is C14H14FNO3. The average Bonchev–Trinajstić information content (AvgIpc) is 2.31. The summed E-state index contributed by atoms with van der Waals surface area (Å²) in [6.45, 7) is 4.24. The van der Waals surface area contributed by atoms with Gasteiger partial charge < -0.3 is 9.67 Å². The second-order valence-corrected chi connectivity index (χ2v) is 4.88. The third-order valence-electron chi connectivity index (χ3n) is 2.83. The van der Waals surface area contributed by atoms with Crippen molar-refractivity contribution in [3.63, 3.8) is 0 Å². The van der Waals surface area contributed by atoms with Gasteiger partial charge in [0.25, 0.3) is 5.56 Å². The lowest BCUT2D eigenvalue weighted by Gasteiger charge is -2.13. The van der Waals surface area contributed by atoms with E-state index in [1.54, 1.807) is 0 Å². The molecule has 2 aromatic rings. The number of carbonyl (C=O) groups is 1. The fourth-order valence-electron chi connectivity index (χ4n) is 2.06. The van der Waals surface area contributed by atoms with Crippen molar-refractivity contribution in [3.8, 4) is 0 Å². The normalized spacial score (nSPS) is 11.2. The van der Waals surface area contributed by atoms with E-state index in [1.165, 1.54) is 22.8 Å². The molecule has 1 heterocycles. The molecule has 0 aliphatic carbocycles. The molecule has 1 aromatic carbocycles. The second kappa shape index (κ2) is 4.84. The van der Waals surface area contributed by atoms with E-state index in [-0.39, 0.29) is 22.6 Å². The zero-order chi connectivity index (χ0) is 14.2. The molecular weight excluding hydrogens is 249 g/mol. The number of nitrogens with zero attached hydrogens (tertiary/aromatic N) is 1. The predicted molar refractivity (Wildman–Crippen MR) is 70.0 cm³/mol. The summed E-state index contributed by atoms with van der Waals surface area (Å²) in [5.41, 5.74) is -0.255. The first-order valence-corrected chi connectivity index (χ1v) is 5.96. The maximum absolute atomic E-state index is 14.1. The Bertz CT molecular complexity index is 704. The summed E-state index contributed by atoms with van der Waals surface area (Å²) in [7, 11) is 0. The number of benzene rings is 1. The number of hydrogen-bond donors (Lipinski definition) is 1. The average molecular weight is 263 g/mol. The summed E-state index contributed by atoms with van der Waals surface area (Å²) in [6, 6.07) is 5.09. The summed E-state index contributed by atoms with van der Waals surface area (Å²) in [6.07, 6.45) is 0. The highest BCUT2D eigenvalue weighted by Gasteiger charge is 2.13. The van der Waals surface area contributed by atoms with Crippen LogP contribution in [0, 0.1) is 11.7 Å². The zero-order valence-electron chi connectivity index (χ0n) is 10.7. The first kappa shape index (κ1) is 13.3. The number of rotatable bonds is 3. The smallest absolute Gasteiger partial charge is 0.335 e. The molecule has 0 aliphatic heterocycles. The lowest BCUT2D eigenvalue weighted by atomic mass is 10.1. The van der Waals surface area contributed by atoms with Gasteiger partial charge in [0.2, 0.25) is 0 Å². The summed E-state index contributed by atoms with van der Waals surface area (Å²) in [5.74, 6) is -1.70. The summed E-state index contributed by atoms with van der Waals surface area (Å²) in [4.78, 5) is 22.7. The number of fused-ring (bicyclic) bond motifs is 1. The van der Waals surface area contributed by atoms with E-state index < -0.39 is 11.8 Å². The van der Waals surface area contributed by atoms with Gasteiger partial charge in [-0.3, -0.25) is 4.79 Å². The van der Waals surface area contributed by atoms with Crippen molar-refractivity contribution in [1.29, 1.82) is 0 Å². The number of pyridine rings is 1. The van der Waals surface area contributed by atoms with Crippen molar-refractivity contribution in [3.05, 3.63) is 46.0 Å². The van der Waals surface area contributed by atoms with Gasteiger partial charge in [0.1, 0.15) is 5.82 Å². The quantitative estimate of drug-likeness (QED) is 0.925. The van der Waals surface area contributed by atoms with Crippen molar-refractivity contribution in [2.75, 3.05) is 0 Å². The first-order valence-electron chi connectivity index (χ1n) is 5.96. The Morgan fingerprint density at radius 3 is 2.63 bits per heavy atom. The summed E-state index contributed by atoms with van der Waals surface area (Å²) >= 11 is 0. The van der Waals surface area contributed by atoms with Crippen molar-refractivity contribution < 1.29 is 14.3 Å². The van der Waals surface area contributed by atoms with Crippen molar-refractivity contribution in [2.45, 2.75) is 20.4 Å². The van der Waals surface area contributed by atoms with Crippen LogP contribution in [0.3, 0.4) is 0 Å². The van der Waals surface area contributed by atoms with Crippen molar-refractivity contribution in [2.24, 2.45) is 5.92 Å². The van der Waals surface area contributed by atoms with Crippen molar-refractivity contribution >= 4 is 16.9 Å². The van der Waals surface area contributed by atoms with Gasteiger partial charge in [-0.15, -0.1) is 0 Å². The van der Waals surface area contributed by atoms with Gasteiger partial charge in [-0.1, -0.05) is 13.8 Å². The number of carboxylic acids is 1. The van der Waals surface area contributed by atoms with E-state index in [9.17, 15) is 14.0 Å². The molecule has 0 saturated carbocycles. The lowest BCUT2D eigenvalue weighted by molar-refractivity contribution is 0.0696. The molecule has 100 valence electrons. The van der Waals surface area contributed by atoms with Gasteiger partial charge in [0.05, 0.1) is 11.1 Å². The Morgan fingerprint density at radius 1 is 1.37 bits per heavy atom. The molecule has 4 nitrogen and oxygen atoms in total. The van der Waals surface area contributed by atoms with Gasteiger partial charge in [-0.25, -0.2) is 9.18 Å². The highest BCUT2D eigenvalue weighted by Crippen LogP contribution is 2.19. The molecule has 0 saturated heterocycles. The molecule has 0 aliphatic rings. The summed E-state index contributed by atoms with van der Waals surface area (Å²) < 4.78 is 15.4. The Balaban J connectivity index is 2.79. The fraction of sp³-hybridized carbons (Fsp3) is 0.286. The number of carboxylic acid groups (broad SMARTS) is 1. The van der Waals surface area contributed by atoms with Crippen LogP contribution in [-0.4, -0.2) is 15.6 Å². The van der Waals surface area contributed by atoms with E-state index in [0.29, 0.717) is 11.9 Å². The van der Waals surface area contributed by atoms with Crippen LogP contribution in [-0.2, 0) is 6.54 Å². The molecule has 1 aromatic heterocycles. The molecule has 0 fully saturated rings. The minimum atomic E-state index is -1.19. The van der Waals surface area contributed by atoms with E-state index in [2.05, 4.69) is 0 Å². The molecule has 0 atom stereocenters. The predicted octanol–water partition coefficient (Wildman–Crippen LogP) is 2.49. The molecule has 5 heteroatoms. The van der Waals surface area contributed by atoms with E-state index in [0.717, 1.165) is 6.07 Å². The molecule has 2 rings (SSSR count). The summed E-state index contributed by atoms with van der Waals surface area (Å²) in [5, 5.41) is 9.32. The van der Waals surface area contributed by atoms with Crippen molar-refractivity contribution in [1.82, 2.24) is 4.57 Å². The lowest BCUT2D eigenvalue weighted by Crippen LogP contribution is -2.22. The monoisotopic (exact) mass is 263 g/mol. The molecule has 0 radical (unpaired) electrons. The largest absolute Gasteiger partial charge is 0.478 e. The van der Waals surface area contributed by atoms with Crippen LogP contribution < -0.4 is 5.56 Å². The van der Waals surface area contributed by atoms with E-state index in [1.807, 2.05) is 13.8 Å². The second-order valence-electron chi connectivity index (χ2n) is 4.88. The number of aromatic carboxylic acids is 1. The van der Waals surface area contributed by atoms with Gasteiger partial charge >= 0.3 is 5.97 Å². The number of halogens is 1. The maximum Gasteiger partial charge on any atom is 0.335 e. The van der Waals surface area contributed by atoms with Gasteiger partial charge in [-0.2, -0.15) is 0 Å². The van der Waals surface area contributed by atoms with Crippen LogP contribution >= 0.6 is 0 Å². The Kier molecular flexibility index (Phi) is 3.38. The van der Waals surface area contributed by atoms with Gasteiger partial charge in [-0.05, 0) is 24.1 Å². The molecule has 0 bridgehead atoms. The highest BCUT2D eigenvalue weighted by atomic mass is 19.1. The van der Waals surface area contributed by atoms with E-state index in [4.69, 9.17) is 5.11 Å². The minimum absolute atomic E-state index is 0.125. The van der Waals surface area contributed by atoms with Crippen LogP contribution in [0.2, 0.25) is 0 Å². The molecule has 0 spiro atoms. The number of aromatic nitrogens is 1. The van der Waals surface area contributed by atoms with Crippen LogP contribution in [0.5, 0.6) is 0 Å². The maximum atomic E-state index is 14.1. The standard InChI is InChI=1S/C14H14FNO3/c1-8(2)7-16-12(17)4-3-9-5-10(14(18)19)6-11(15)13(9)16/h3-6,8H,7H2,1-2H3,(H,18,19). The first-order chi connectivity index (χ1) is 8.90. The Labute approximate surface area is 109 Å². The van der Waals surface area contributed by atoms with Crippen LogP contribution in [0.4, 0.5) is 4.39 Å². The van der Waals surface area contributed by atoms with Crippen LogP contribution in [0.25, 0.3) is 10.9 Å². The number of hydrogen-bond acceptors (Lipinski definition) is 2. The molecule has 0 amide bonds. The minimum Gasteiger partial charge on any atom is -0.478 e. The third kappa shape index (κ3) is 2.50. The van der Waals surface area contributed by atoms with Gasteiger partial charge in [0.15, 0.2) is 0 Å². The topological polar surface area (TPSA) is 59.3 Å². The highest BCUT2D eigenvalue weighted by molar-refractivity contribution is 5.93. The van der Waals surface area contributed by atoms with Crippen LogP contribution in [0.1, 0.15) is 24.2 Å². The van der Waals surface area contributed by atoms with Crippen LogP contribution in [0.15, 0.2) is 29.1 Å². The van der Waals surface area contributed by atoms with Gasteiger partial charge in [0, 0.05) is 18.0 Å². The molecule has 19 heavy (non-hydrogen) atoms. The zero-order valence-corrected chi connectivity index (χ0v) is 10.7. The third-order valence-corrected chi connectivity index (χ3v) is 2.83. The molecule has 0 unspecified atom stereocenters. The van der Waals surface area contributed by atoms with E-state index >= 15 is 0 Å². The fourth-order valence-corrected chi connectivity index (χ4v) is 2.06. The molecule has 1 N–H and O–H groups in total.